The van der Waals surface area contributed by atoms with Crippen LogP contribution < -0.4 is 10.1 Å². The van der Waals surface area contributed by atoms with Gasteiger partial charge in [-0.05, 0) is 24.1 Å². The van der Waals surface area contributed by atoms with E-state index < -0.39 is 59.7 Å². The summed E-state index contributed by atoms with van der Waals surface area (Å²) in [5, 5.41) is 1.97. The van der Waals surface area contributed by atoms with Gasteiger partial charge in [0, 0.05) is 13.0 Å². The molecule has 12 heteroatoms. The lowest BCUT2D eigenvalue weighted by Crippen LogP contribution is -2.52. The monoisotopic (exact) mass is 396 g/mol. The number of nitrogens with zero attached hydrogens (tertiary/aromatic N) is 1. The van der Waals surface area contributed by atoms with Crippen molar-refractivity contribution in [1.29, 1.82) is 0 Å². The third kappa shape index (κ3) is 3.69. The number of piperidine rings is 1. The van der Waals surface area contributed by atoms with Gasteiger partial charge in [-0.15, -0.1) is 13.2 Å². The van der Waals surface area contributed by atoms with E-state index >= 15 is 0 Å². The van der Waals surface area contributed by atoms with Gasteiger partial charge in [-0.1, -0.05) is 0 Å². The van der Waals surface area contributed by atoms with Crippen LogP contribution in [0.2, 0.25) is 0 Å². The molecule has 0 radical (unpaired) electrons. The molecular weight excluding hydrogens is 386 g/mol. The summed E-state index contributed by atoms with van der Waals surface area (Å²) in [6.45, 7) is -0.515. The van der Waals surface area contributed by atoms with Gasteiger partial charge in [0.25, 0.3) is 5.91 Å². The molecule has 2 heterocycles. The zero-order valence-electron chi connectivity index (χ0n) is 13.2. The number of imide groups is 1. The lowest BCUT2D eigenvalue weighted by Gasteiger charge is -2.29. The van der Waals surface area contributed by atoms with Crippen LogP contribution in [-0.4, -0.2) is 35.0 Å². The Morgan fingerprint density at radius 2 is 1.74 bits per heavy atom. The number of alkyl halides is 6. The molecule has 1 aromatic carbocycles. The SMILES string of the molecule is O=C1CCC(N2Cc3cc(OC(F)(F)F)cc(C(F)(F)F)c3C2=O)C(=O)N1. The first kappa shape index (κ1) is 19.0. The molecule has 1 aromatic rings. The van der Waals surface area contributed by atoms with Crippen LogP contribution in [0.1, 0.15) is 34.3 Å². The number of carbonyl (C=O) groups excluding carboxylic acids is 3. The van der Waals surface area contributed by atoms with Crippen LogP contribution in [0.5, 0.6) is 5.75 Å². The number of carbonyl (C=O) groups is 3. The molecule has 2 aliphatic heterocycles. The van der Waals surface area contributed by atoms with E-state index in [4.69, 9.17) is 0 Å². The minimum absolute atomic E-state index is 0.0954. The lowest BCUT2D eigenvalue weighted by atomic mass is 10.0. The first-order valence-electron chi connectivity index (χ1n) is 7.51. The van der Waals surface area contributed by atoms with E-state index in [1.165, 1.54) is 0 Å². The minimum atomic E-state index is -5.22. The molecule has 0 aliphatic carbocycles. The largest absolute Gasteiger partial charge is 0.573 e. The van der Waals surface area contributed by atoms with E-state index in [2.05, 4.69) is 4.74 Å². The molecule has 0 saturated carbocycles. The number of benzene rings is 1. The first-order chi connectivity index (χ1) is 12.4. The zero-order valence-corrected chi connectivity index (χ0v) is 13.2. The van der Waals surface area contributed by atoms with Crippen molar-refractivity contribution in [2.75, 3.05) is 0 Å². The molecule has 3 rings (SSSR count). The van der Waals surface area contributed by atoms with Crippen molar-refractivity contribution < 1.29 is 45.5 Å². The molecule has 6 nitrogen and oxygen atoms in total. The second kappa shape index (κ2) is 6.13. The summed E-state index contributed by atoms with van der Waals surface area (Å²) in [6.07, 6.45) is -10.6. The van der Waals surface area contributed by atoms with E-state index in [0.29, 0.717) is 6.07 Å². The highest BCUT2D eigenvalue weighted by molar-refractivity contribution is 6.06. The van der Waals surface area contributed by atoms with Gasteiger partial charge in [-0.3, -0.25) is 19.7 Å². The summed E-state index contributed by atoms with van der Waals surface area (Å²) in [6, 6.07) is -0.421. The van der Waals surface area contributed by atoms with Crippen molar-refractivity contribution in [3.63, 3.8) is 0 Å². The second-order valence-electron chi connectivity index (χ2n) is 5.95. The number of ether oxygens (including phenoxy) is 1. The maximum Gasteiger partial charge on any atom is 0.573 e. The number of rotatable bonds is 2. The molecule has 1 N–H and O–H groups in total. The third-order valence-electron chi connectivity index (χ3n) is 4.13. The normalized spacial score (nSPS) is 20.6. The smallest absolute Gasteiger partial charge is 0.406 e. The van der Waals surface area contributed by atoms with Crippen LogP contribution in [0, 0.1) is 0 Å². The van der Waals surface area contributed by atoms with Crippen LogP contribution in [0.3, 0.4) is 0 Å². The average molecular weight is 396 g/mol. The summed E-state index contributed by atoms with van der Waals surface area (Å²) in [5.41, 5.74) is -2.76. The van der Waals surface area contributed by atoms with Crippen LogP contribution in [0.4, 0.5) is 26.3 Å². The molecule has 146 valence electrons. The van der Waals surface area contributed by atoms with Gasteiger partial charge in [0.15, 0.2) is 0 Å². The molecule has 0 bridgehead atoms. The van der Waals surface area contributed by atoms with Gasteiger partial charge in [-0.2, -0.15) is 13.2 Å². The summed E-state index contributed by atoms with van der Waals surface area (Å²) in [4.78, 5) is 36.4. The van der Waals surface area contributed by atoms with E-state index in [1.807, 2.05) is 5.32 Å². The Labute approximate surface area is 147 Å². The van der Waals surface area contributed by atoms with Crippen molar-refractivity contribution in [3.05, 3.63) is 28.8 Å². The maximum atomic E-state index is 13.3. The standard InChI is InChI=1S/C15H10F6N2O4/c16-14(17,18)8-4-7(27-15(19,20)21)3-6-5-23(13(26)11(6)8)9-1-2-10(24)22-12(9)25/h3-4,9H,1-2,5H2,(H,22,24,25). The fourth-order valence-electron chi connectivity index (χ4n) is 3.10. The number of amides is 3. The Morgan fingerprint density at radius 3 is 2.30 bits per heavy atom. The van der Waals surface area contributed by atoms with E-state index in [1.54, 1.807) is 0 Å². The van der Waals surface area contributed by atoms with Crippen molar-refractivity contribution in [2.45, 2.75) is 38.0 Å². The molecule has 1 unspecified atom stereocenters. The van der Waals surface area contributed by atoms with E-state index in [9.17, 15) is 40.7 Å². The Hall–Kier alpha value is -2.79. The molecular formula is C15H10F6N2O4. The number of hydrogen-bond donors (Lipinski definition) is 1. The predicted molar refractivity (Wildman–Crippen MR) is 74.2 cm³/mol. The molecule has 0 aromatic heterocycles. The zero-order chi connectivity index (χ0) is 20.1. The molecule has 1 atom stereocenters. The molecule has 3 amide bonds. The van der Waals surface area contributed by atoms with Crippen molar-refractivity contribution >= 4 is 17.7 Å². The highest BCUT2D eigenvalue weighted by Crippen LogP contribution is 2.41. The van der Waals surface area contributed by atoms with Gasteiger partial charge in [0.2, 0.25) is 11.8 Å². The summed E-state index contributed by atoms with van der Waals surface area (Å²) in [5.74, 6) is -3.71. The molecule has 0 spiro atoms. The van der Waals surface area contributed by atoms with E-state index in [0.717, 1.165) is 4.90 Å². The Balaban J connectivity index is 2.01. The third-order valence-corrected chi connectivity index (χ3v) is 4.13. The maximum absolute atomic E-state index is 13.3. The highest BCUT2D eigenvalue weighted by Gasteiger charge is 2.46. The number of halogens is 6. The number of fused-ring (bicyclic) bond motifs is 1. The van der Waals surface area contributed by atoms with Gasteiger partial charge >= 0.3 is 12.5 Å². The van der Waals surface area contributed by atoms with Crippen molar-refractivity contribution in [3.8, 4) is 5.75 Å². The van der Waals surface area contributed by atoms with Gasteiger partial charge in [0.05, 0.1) is 11.1 Å². The molecule has 1 fully saturated rings. The van der Waals surface area contributed by atoms with Gasteiger partial charge in [-0.25, -0.2) is 0 Å². The summed E-state index contributed by atoms with van der Waals surface area (Å²) in [7, 11) is 0. The first-order valence-corrected chi connectivity index (χ1v) is 7.51. The fourth-order valence-corrected chi connectivity index (χ4v) is 3.10. The van der Waals surface area contributed by atoms with Crippen LogP contribution in [0.25, 0.3) is 0 Å². The second-order valence-corrected chi connectivity index (χ2v) is 5.95. The topological polar surface area (TPSA) is 75.7 Å². The molecule has 27 heavy (non-hydrogen) atoms. The Kier molecular flexibility index (Phi) is 4.31. The quantitative estimate of drug-likeness (QED) is 0.615. The predicted octanol–water partition coefficient (Wildman–Crippen LogP) is 2.37. The molecule has 1 saturated heterocycles. The summed E-state index contributed by atoms with van der Waals surface area (Å²) < 4.78 is 80.6. The van der Waals surface area contributed by atoms with Crippen molar-refractivity contribution in [2.24, 2.45) is 0 Å². The van der Waals surface area contributed by atoms with Crippen LogP contribution >= 0.6 is 0 Å². The fraction of sp³-hybridized carbons (Fsp3) is 0.400. The molecule has 2 aliphatic rings. The Bertz CT molecular complexity index is 833. The van der Waals surface area contributed by atoms with Crippen molar-refractivity contribution in [1.82, 2.24) is 10.2 Å². The van der Waals surface area contributed by atoms with Gasteiger partial charge < -0.3 is 9.64 Å². The van der Waals surface area contributed by atoms with Gasteiger partial charge in [0.1, 0.15) is 11.8 Å². The van der Waals surface area contributed by atoms with Crippen LogP contribution in [-0.2, 0) is 22.3 Å². The number of nitrogens with one attached hydrogen (secondary N) is 1. The van der Waals surface area contributed by atoms with Crippen LogP contribution in [0.15, 0.2) is 12.1 Å². The minimum Gasteiger partial charge on any atom is -0.406 e. The lowest BCUT2D eigenvalue weighted by molar-refractivity contribution is -0.274. The summed E-state index contributed by atoms with van der Waals surface area (Å²) >= 11 is 0. The number of hydrogen-bond acceptors (Lipinski definition) is 4. The Morgan fingerprint density at radius 1 is 1.07 bits per heavy atom. The van der Waals surface area contributed by atoms with E-state index in [-0.39, 0.29) is 24.5 Å². The average Bonchev–Trinajstić information content (AvgIpc) is 2.80. The highest BCUT2D eigenvalue weighted by atomic mass is 19.4.